The zero-order valence-electron chi connectivity index (χ0n) is 17.2. The Balaban J connectivity index is 1.85. The monoisotopic (exact) mass is 441 g/mol. The van der Waals surface area contributed by atoms with E-state index in [4.69, 9.17) is 9.47 Å². The third kappa shape index (κ3) is 5.16. The molecule has 0 aliphatic carbocycles. The summed E-state index contributed by atoms with van der Waals surface area (Å²) >= 11 is 0. The second-order valence-electron chi connectivity index (χ2n) is 6.74. The number of nitrogens with one attached hydrogen (secondary N) is 1. The van der Waals surface area contributed by atoms with E-state index in [1.54, 1.807) is 36.4 Å². The van der Waals surface area contributed by atoms with Crippen molar-refractivity contribution < 1.29 is 27.8 Å². The third-order valence-electron chi connectivity index (χ3n) is 4.84. The maximum absolute atomic E-state index is 13.0. The minimum atomic E-state index is -3.88. The summed E-state index contributed by atoms with van der Waals surface area (Å²) in [5.41, 5.74) is 2.12. The lowest BCUT2D eigenvalue weighted by Gasteiger charge is -2.14. The van der Waals surface area contributed by atoms with Crippen LogP contribution in [0.4, 0.5) is 5.69 Å². The number of aryl methyl sites for hydroxylation is 2. The predicted molar refractivity (Wildman–Crippen MR) is 118 cm³/mol. The number of hydrogen-bond donors (Lipinski definition) is 2. The van der Waals surface area contributed by atoms with Crippen LogP contribution in [-0.2, 0) is 22.9 Å². The molecule has 0 saturated carbocycles. The summed E-state index contributed by atoms with van der Waals surface area (Å²) in [4.78, 5) is 11.5. The molecule has 162 valence electrons. The van der Waals surface area contributed by atoms with Crippen molar-refractivity contribution in [3.05, 3.63) is 83.4 Å². The average Bonchev–Trinajstić information content (AvgIpc) is 2.77. The Labute approximate surface area is 181 Å². The van der Waals surface area contributed by atoms with Gasteiger partial charge in [-0.05, 0) is 48.2 Å². The maximum atomic E-state index is 13.0. The molecular weight excluding hydrogens is 418 g/mol. The number of hydrogen-bond acceptors (Lipinski definition) is 5. The van der Waals surface area contributed by atoms with Crippen LogP contribution in [0, 0.1) is 0 Å². The summed E-state index contributed by atoms with van der Waals surface area (Å²) in [5.74, 6) is -0.249. The lowest BCUT2D eigenvalue weighted by atomic mass is 9.99. The Bertz CT molecular complexity index is 1190. The summed E-state index contributed by atoms with van der Waals surface area (Å²) in [6, 6.07) is 18.2. The summed E-state index contributed by atoms with van der Waals surface area (Å²) in [6.45, 7) is 0. The van der Waals surface area contributed by atoms with Gasteiger partial charge in [0.2, 0.25) is 0 Å². The number of methoxy groups -OCH3 is 2. The first-order valence-electron chi connectivity index (χ1n) is 9.49. The second-order valence-corrected chi connectivity index (χ2v) is 8.42. The molecule has 0 aliphatic heterocycles. The number of carbonyl (C=O) groups is 1. The number of carboxylic acid groups (broad SMARTS) is 1. The second kappa shape index (κ2) is 9.53. The number of carboxylic acids is 1. The molecule has 8 heteroatoms. The fourth-order valence-electron chi connectivity index (χ4n) is 3.24. The molecule has 3 aromatic carbocycles. The Kier molecular flexibility index (Phi) is 6.81. The van der Waals surface area contributed by atoms with Gasteiger partial charge in [0.1, 0.15) is 0 Å². The summed E-state index contributed by atoms with van der Waals surface area (Å²) in [6.07, 6.45) is 0.923. The van der Waals surface area contributed by atoms with E-state index in [-0.39, 0.29) is 10.5 Å². The molecule has 31 heavy (non-hydrogen) atoms. The van der Waals surface area contributed by atoms with Gasteiger partial charge in [0, 0.05) is 6.07 Å². The van der Waals surface area contributed by atoms with Gasteiger partial charge in [0.25, 0.3) is 10.0 Å². The number of rotatable bonds is 9. The molecule has 3 aromatic rings. The van der Waals surface area contributed by atoms with Crippen LogP contribution in [0.3, 0.4) is 0 Å². The topological polar surface area (TPSA) is 102 Å². The minimum Gasteiger partial charge on any atom is -0.493 e. The van der Waals surface area contributed by atoms with E-state index in [0.29, 0.717) is 35.6 Å². The van der Waals surface area contributed by atoms with Gasteiger partial charge >= 0.3 is 5.97 Å². The Morgan fingerprint density at radius 2 is 1.48 bits per heavy atom. The molecule has 0 heterocycles. The van der Waals surface area contributed by atoms with Gasteiger partial charge in [-0.15, -0.1) is 0 Å². The standard InChI is InChI=1S/C23H23NO6S/c1-29-21-14-13-18(15-22(21)30-2)31(27,28)24-20-10-6-4-8-17(20)12-11-16-7-3-5-9-19(16)23(25)26/h3-10,13-15,24H,11-12H2,1-2H3,(H,25,26). The Morgan fingerprint density at radius 1 is 0.871 bits per heavy atom. The van der Waals surface area contributed by atoms with Crippen molar-refractivity contribution in [3.8, 4) is 11.5 Å². The van der Waals surface area contributed by atoms with Crippen molar-refractivity contribution in [2.45, 2.75) is 17.7 Å². The first kappa shape index (κ1) is 22.2. The van der Waals surface area contributed by atoms with Crippen molar-refractivity contribution in [3.63, 3.8) is 0 Å². The van der Waals surface area contributed by atoms with Crippen molar-refractivity contribution >= 4 is 21.7 Å². The Hall–Kier alpha value is -3.52. The number of anilines is 1. The van der Waals surface area contributed by atoms with Crippen LogP contribution in [0.1, 0.15) is 21.5 Å². The van der Waals surface area contributed by atoms with Crippen molar-refractivity contribution in [2.24, 2.45) is 0 Å². The zero-order chi connectivity index (χ0) is 22.4. The van der Waals surface area contributed by atoms with Crippen molar-refractivity contribution in [1.82, 2.24) is 0 Å². The predicted octanol–water partition coefficient (Wildman–Crippen LogP) is 3.99. The highest BCUT2D eigenvalue weighted by Crippen LogP contribution is 2.30. The fourth-order valence-corrected chi connectivity index (χ4v) is 4.36. The van der Waals surface area contributed by atoms with E-state index in [1.807, 2.05) is 12.1 Å². The van der Waals surface area contributed by atoms with Gasteiger partial charge in [-0.25, -0.2) is 13.2 Å². The first-order chi connectivity index (χ1) is 14.9. The lowest BCUT2D eigenvalue weighted by Crippen LogP contribution is -2.15. The van der Waals surface area contributed by atoms with E-state index >= 15 is 0 Å². The van der Waals surface area contributed by atoms with E-state index < -0.39 is 16.0 Å². The van der Waals surface area contributed by atoms with Crippen LogP contribution >= 0.6 is 0 Å². The van der Waals surface area contributed by atoms with Gasteiger partial charge in [-0.1, -0.05) is 36.4 Å². The van der Waals surface area contributed by atoms with Gasteiger partial charge in [-0.3, -0.25) is 4.72 Å². The number of sulfonamides is 1. The van der Waals surface area contributed by atoms with Crippen LogP contribution in [0.2, 0.25) is 0 Å². The van der Waals surface area contributed by atoms with E-state index in [2.05, 4.69) is 4.72 Å². The largest absolute Gasteiger partial charge is 0.493 e. The molecule has 0 radical (unpaired) electrons. The number of benzene rings is 3. The van der Waals surface area contributed by atoms with E-state index in [9.17, 15) is 18.3 Å². The maximum Gasteiger partial charge on any atom is 0.335 e. The highest BCUT2D eigenvalue weighted by molar-refractivity contribution is 7.92. The van der Waals surface area contributed by atoms with Gasteiger partial charge in [0.15, 0.2) is 11.5 Å². The van der Waals surface area contributed by atoms with Crippen LogP contribution in [-0.4, -0.2) is 33.7 Å². The van der Waals surface area contributed by atoms with E-state index in [0.717, 1.165) is 5.56 Å². The normalized spacial score (nSPS) is 11.0. The molecule has 0 fully saturated rings. The molecule has 0 spiro atoms. The quantitative estimate of drug-likeness (QED) is 0.521. The van der Waals surface area contributed by atoms with Crippen molar-refractivity contribution in [2.75, 3.05) is 18.9 Å². The molecule has 0 aromatic heterocycles. The molecule has 0 bridgehead atoms. The molecule has 0 aliphatic rings. The smallest absolute Gasteiger partial charge is 0.335 e. The van der Waals surface area contributed by atoms with Crippen LogP contribution < -0.4 is 14.2 Å². The highest BCUT2D eigenvalue weighted by atomic mass is 32.2. The summed E-state index contributed by atoms with van der Waals surface area (Å²) < 4.78 is 38.9. The highest BCUT2D eigenvalue weighted by Gasteiger charge is 2.19. The Morgan fingerprint density at radius 3 is 2.16 bits per heavy atom. The lowest BCUT2D eigenvalue weighted by molar-refractivity contribution is 0.0695. The first-order valence-corrected chi connectivity index (χ1v) is 11.0. The van der Waals surface area contributed by atoms with Gasteiger partial charge < -0.3 is 14.6 Å². The molecule has 0 unspecified atom stereocenters. The fraction of sp³-hybridized carbons (Fsp3) is 0.174. The number of aromatic carboxylic acids is 1. The number of ether oxygens (including phenoxy) is 2. The van der Waals surface area contributed by atoms with Gasteiger partial charge in [-0.2, -0.15) is 0 Å². The average molecular weight is 442 g/mol. The van der Waals surface area contributed by atoms with E-state index in [1.165, 1.54) is 32.4 Å². The summed E-state index contributed by atoms with van der Waals surface area (Å²) in [5, 5.41) is 9.37. The molecule has 2 N–H and O–H groups in total. The summed E-state index contributed by atoms with van der Waals surface area (Å²) in [7, 11) is -0.966. The molecule has 0 amide bonds. The third-order valence-corrected chi connectivity index (χ3v) is 6.20. The number of para-hydroxylation sites is 1. The van der Waals surface area contributed by atoms with Gasteiger partial charge in [0.05, 0.1) is 30.4 Å². The molecule has 3 rings (SSSR count). The van der Waals surface area contributed by atoms with Crippen LogP contribution in [0.5, 0.6) is 11.5 Å². The van der Waals surface area contributed by atoms with Crippen LogP contribution in [0.25, 0.3) is 0 Å². The molecule has 0 saturated heterocycles. The zero-order valence-corrected chi connectivity index (χ0v) is 18.0. The molecule has 7 nitrogen and oxygen atoms in total. The molecule has 0 atom stereocenters. The van der Waals surface area contributed by atoms with Crippen molar-refractivity contribution in [1.29, 1.82) is 0 Å². The molecular formula is C23H23NO6S. The minimum absolute atomic E-state index is 0.0381. The SMILES string of the molecule is COc1ccc(S(=O)(=O)Nc2ccccc2CCc2ccccc2C(=O)O)cc1OC. The van der Waals surface area contributed by atoms with Crippen LogP contribution in [0.15, 0.2) is 71.6 Å².